The van der Waals surface area contributed by atoms with Crippen molar-refractivity contribution in [1.29, 1.82) is 0 Å². The Morgan fingerprint density at radius 1 is 1.12 bits per heavy atom. The van der Waals surface area contributed by atoms with Gasteiger partial charge in [0.25, 0.3) is 11.5 Å². The highest BCUT2D eigenvalue weighted by Crippen LogP contribution is 2.20. The van der Waals surface area contributed by atoms with Crippen LogP contribution >= 0.6 is 0 Å². The number of aromatic amines is 1. The van der Waals surface area contributed by atoms with E-state index in [1.165, 1.54) is 12.3 Å². The number of H-pyrrole nitrogens is 1. The summed E-state index contributed by atoms with van der Waals surface area (Å²) in [5.41, 5.74) is 0.165. The van der Waals surface area contributed by atoms with Crippen LogP contribution in [0.3, 0.4) is 0 Å². The fourth-order valence-corrected chi connectivity index (χ4v) is 2.60. The van der Waals surface area contributed by atoms with Gasteiger partial charge < -0.3 is 10.3 Å². The van der Waals surface area contributed by atoms with Crippen LogP contribution in [-0.2, 0) is 0 Å². The van der Waals surface area contributed by atoms with E-state index in [2.05, 4.69) is 10.3 Å². The molecule has 2 N–H and O–H groups in total. The molecule has 0 saturated heterocycles. The molecule has 3 aromatic rings. The van der Waals surface area contributed by atoms with Crippen LogP contribution in [-0.4, -0.2) is 10.9 Å². The average molecular weight is 328 g/mol. The quantitative estimate of drug-likeness (QED) is 0.775. The molecule has 0 unspecified atom stereocenters. The van der Waals surface area contributed by atoms with Crippen LogP contribution in [0.1, 0.15) is 28.9 Å². The zero-order valence-corrected chi connectivity index (χ0v) is 12.8. The van der Waals surface area contributed by atoms with E-state index in [0.29, 0.717) is 10.8 Å². The van der Waals surface area contributed by atoms with E-state index in [4.69, 9.17) is 0 Å². The summed E-state index contributed by atoms with van der Waals surface area (Å²) < 4.78 is 26.8. The molecule has 24 heavy (non-hydrogen) atoms. The second kappa shape index (κ2) is 6.23. The molecule has 6 heteroatoms. The van der Waals surface area contributed by atoms with Gasteiger partial charge in [0.2, 0.25) is 0 Å². The molecule has 1 atom stereocenters. The number of carbonyl (C=O) groups is 1. The lowest BCUT2D eigenvalue weighted by molar-refractivity contribution is 0.0940. The number of benzene rings is 2. The van der Waals surface area contributed by atoms with Crippen molar-refractivity contribution in [2.24, 2.45) is 0 Å². The van der Waals surface area contributed by atoms with Gasteiger partial charge in [-0.15, -0.1) is 0 Å². The van der Waals surface area contributed by atoms with Crippen LogP contribution in [0.15, 0.2) is 53.5 Å². The molecule has 1 amide bonds. The smallest absolute Gasteiger partial charge is 0.255 e. The van der Waals surface area contributed by atoms with E-state index in [9.17, 15) is 18.4 Å². The summed E-state index contributed by atoms with van der Waals surface area (Å²) in [4.78, 5) is 26.8. The third-order valence-corrected chi connectivity index (χ3v) is 3.83. The van der Waals surface area contributed by atoms with Crippen molar-refractivity contribution in [1.82, 2.24) is 10.3 Å². The highest BCUT2D eigenvalue weighted by molar-refractivity contribution is 6.06. The highest BCUT2D eigenvalue weighted by Gasteiger charge is 2.17. The molecular formula is C18H14F2N2O2. The highest BCUT2D eigenvalue weighted by atomic mass is 19.1. The van der Waals surface area contributed by atoms with Gasteiger partial charge in [0, 0.05) is 28.6 Å². The molecule has 2 aromatic carbocycles. The first kappa shape index (κ1) is 15.9. The Hall–Kier alpha value is -3.02. The topological polar surface area (TPSA) is 62.0 Å². The minimum Gasteiger partial charge on any atom is -0.345 e. The van der Waals surface area contributed by atoms with Gasteiger partial charge in [-0.3, -0.25) is 9.59 Å². The molecule has 0 aliphatic rings. The van der Waals surface area contributed by atoms with E-state index in [-0.39, 0.29) is 16.7 Å². The first-order valence-electron chi connectivity index (χ1n) is 7.33. The Morgan fingerprint density at radius 3 is 2.54 bits per heavy atom. The number of fused-ring (bicyclic) bond motifs is 1. The number of hydrogen-bond acceptors (Lipinski definition) is 2. The lowest BCUT2D eigenvalue weighted by atomic mass is 10.0. The minimum atomic E-state index is -0.728. The number of nitrogens with one attached hydrogen (secondary N) is 2. The van der Waals surface area contributed by atoms with Gasteiger partial charge in [0.15, 0.2) is 0 Å². The van der Waals surface area contributed by atoms with Crippen LogP contribution in [0.5, 0.6) is 0 Å². The Labute approximate surface area is 136 Å². The lowest BCUT2D eigenvalue weighted by Gasteiger charge is -2.16. The molecule has 1 aromatic heterocycles. The number of pyridine rings is 1. The third-order valence-electron chi connectivity index (χ3n) is 3.83. The van der Waals surface area contributed by atoms with Gasteiger partial charge in [-0.2, -0.15) is 0 Å². The molecule has 122 valence electrons. The van der Waals surface area contributed by atoms with Gasteiger partial charge in [-0.25, -0.2) is 8.78 Å². The molecule has 0 aliphatic carbocycles. The zero-order chi connectivity index (χ0) is 17.3. The maximum absolute atomic E-state index is 13.8. The Morgan fingerprint density at radius 2 is 1.83 bits per heavy atom. The number of carbonyl (C=O) groups excluding carboxylic acids is 1. The lowest BCUT2D eigenvalue weighted by Crippen LogP contribution is -2.28. The van der Waals surface area contributed by atoms with E-state index in [1.807, 2.05) is 0 Å². The Kier molecular flexibility index (Phi) is 4.12. The normalized spacial score (nSPS) is 12.1. The monoisotopic (exact) mass is 328 g/mol. The summed E-state index contributed by atoms with van der Waals surface area (Å²) >= 11 is 0. The van der Waals surface area contributed by atoms with Gasteiger partial charge in [-0.05, 0) is 19.1 Å². The summed E-state index contributed by atoms with van der Waals surface area (Å²) in [7, 11) is 0. The van der Waals surface area contributed by atoms with Crippen molar-refractivity contribution in [3.63, 3.8) is 0 Å². The second-order valence-electron chi connectivity index (χ2n) is 5.44. The van der Waals surface area contributed by atoms with Crippen molar-refractivity contribution < 1.29 is 13.6 Å². The van der Waals surface area contributed by atoms with Gasteiger partial charge >= 0.3 is 0 Å². The molecule has 4 nitrogen and oxygen atoms in total. The van der Waals surface area contributed by atoms with E-state index < -0.39 is 23.6 Å². The van der Waals surface area contributed by atoms with Crippen molar-refractivity contribution >= 4 is 16.7 Å². The predicted octanol–water partition coefficient (Wildman–Crippen LogP) is 3.30. The van der Waals surface area contributed by atoms with Crippen molar-refractivity contribution in [2.75, 3.05) is 0 Å². The van der Waals surface area contributed by atoms with Crippen LogP contribution in [0, 0.1) is 11.6 Å². The fourth-order valence-electron chi connectivity index (χ4n) is 2.60. The van der Waals surface area contributed by atoms with Crippen LogP contribution < -0.4 is 10.9 Å². The van der Waals surface area contributed by atoms with Crippen molar-refractivity contribution in [3.05, 3.63) is 81.8 Å². The molecule has 1 heterocycles. The van der Waals surface area contributed by atoms with E-state index in [1.54, 1.807) is 31.2 Å². The largest absolute Gasteiger partial charge is 0.345 e. The number of halogens is 2. The summed E-state index contributed by atoms with van der Waals surface area (Å²) in [6, 6.07) is 9.25. The number of hydrogen-bond donors (Lipinski definition) is 2. The number of rotatable bonds is 3. The molecular weight excluding hydrogens is 314 g/mol. The first-order chi connectivity index (χ1) is 11.5. The number of aromatic nitrogens is 1. The first-order valence-corrected chi connectivity index (χ1v) is 7.33. The SMILES string of the molecule is C[C@@H](NC(=O)c1c[nH]c(=O)c2ccccc12)c1ccc(F)cc1F. The average Bonchev–Trinajstić information content (AvgIpc) is 2.55. The summed E-state index contributed by atoms with van der Waals surface area (Å²) in [6.07, 6.45) is 1.33. The standard InChI is InChI=1S/C18H14F2N2O2/c1-10(12-7-6-11(19)8-16(12)20)22-18(24)15-9-21-17(23)14-5-3-2-4-13(14)15/h2-10H,1H3,(H,21,23)(H,22,24)/t10-/m1/s1. The van der Waals surface area contributed by atoms with Crippen molar-refractivity contribution in [2.45, 2.75) is 13.0 Å². The second-order valence-corrected chi connectivity index (χ2v) is 5.44. The Bertz CT molecular complexity index is 982. The predicted molar refractivity (Wildman–Crippen MR) is 86.8 cm³/mol. The van der Waals surface area contributed by atoms with Crippen LogP contribution in [0.4, 0.5) is 8.78 Å². The molecule has 0 fully saturated rings. The van der Waals surface area contributed by atoms with Crippen LogP contribution in [0.2, 0.25) is 0 Å². The molecule has 0 saturated carbocycles. The fraction of sp³-hybridized carbons (Fsp3) is 0.111. The molecule has 0 radical (unpaired) electrons. The van der Waals surface area contributed by atoms with Gasteiger partial charge in [-0.1, -0.05) is 24.3 Å². The molecule has 0 spiro atoms. The van der Waals surface area contributed by atoms with Crippen LogP contribution in [0.25, 0.3) is 10.8 Å². The zero-order valence-electron chi connectivity index (χ0n) is 12.8. The molecule has 0 aliphatic heterocycles. The summed E-state index contributed by atoms with van der Waals surface area (Å²) in [5.74, 6) is -1.87. The summed E-state index contributed by atoms with van der Waals surface area (Å²) in [5, 5.41) is 3.56. The minimum absolute atomic E-state index is 0.179. The maximum Gasteiger partial charge on any atom is 0.255 e. The van der Waals surface area contributed by atoms with Gasteiger partial charge in [0.1, 0.15) is 11.6 Å². The number of amides is 1. The third kappa shape index (κ3) is 2.90. The van der Waals surface area contributed by atoms with Gasteiger partial charge in [0.05, 0.1) is 11.6 Å². The molecule has 3 rings (SSSR count). The Balaban J connectivity index is 1.93. The van der Waals surface area contributed by atoms with Crippen molar-refractivity contribution in [3.8, 4) is 0 Å². The maximum atomic E-state index is 13.8. The van der Waals surface area contributed by atoms with E-state index in [0.717, 1.165) is 12.1 Å². The molecule has 0 bridgehead atoms. The van der Waals surface area contributed by atoms with E-state index >= 15 is 0 Å². The summed E-state index contributed by atoms with van der Waals surface area (Å²) in [6.45, 7) is 1.60.